The van der Waals surface area contributed by atoms with E-state index in [0.717, 1.165) is 18.1 Å². The number of non-ortho nitro benzene ring substituents is 1. The molecule has 0 aromatic heterocycles. The standard InChI is InChI=1S/C20H25NO3/c1-16(2)6-4-3-5-7-17-8-12-19(13-9-17)24-20-14-10-18(11-15-20)21(22)23/h8-16H,3-7H2,1-2H3. The molecule has 0 heterocycles. The molecule has 2 aromatic rings. The molecule has 4 heteroatoms. The minimum atomic E-state index is -0.417. The van der Waals surface area contributed by atoms with Crippen LogP contribution in [0.2, 0.25) is 0 Å². The maximum atomic E-state index is 10.6. The summed E-state index contributed by atoms with van der Waals surface area (Å²) in [7, 11) is 0. The van der Waals surface area contributed by atoms with Gasteiger partial charge in [-0.3, -0.25) is 10.1 Å². The van der Waals surface area contributed by atoms with Crippen molar-refractivity contribution in [3.63, 3.8) is 0 Å². The summed E-state index contributed by atoms with van der Waals surface area (Å²) in [5.74, 6) is 2.13. The van der Waals surface area contributed by atoms with Crippen molar-refractivity contribution in [1.29, 1.82) is 0 Å². The van der Waals surface area contributed by atoms with Crippen LogP contribution in [0.3, 0.4) is 0 Å². The molecule has 2 rings (SSSR count). The van der Waals surface area contributed by atoms with Crippen LogP contribution in [-0.4, -0.2) is 4.92 Å². The molecule has 0 aliphatic rings. The summed E-state index contributed by atoms with van der Waals surface area (Å²) in [6.07, 6.45) is 6.20. The molecule has 0 radical (unpaired) electrons. The highest BCUT2D eigenvalue weighted by Gasteiger charge is 2.05. The fourth-order valence-electron chi connectivity index (χ4n) is 2.55. The van der Waals surface area contributed by atoms with Crippen LogP contribution in [-0.2, 0) is 6.42 Å². The van der Waals surface area contributed by atoms with Gasteiger partial charge in [-0.2, -0.15) is 0 Å². The second-order valence-corrected chi connectivity index (χ2v) is 6.49. The molecule has 0 atom stereocenters. The Morgan fingerprint density at radius 1 is 0.917 bits per heavy atom. The zero-order valence-corrected chi connectivity index (χ0v) is 14.4. The molecule has 24 heavy (non-hydrogen) atoms. The maximum absolute atomic E-state index is 10.6. The highest BCUT2D eigenvalue weighted by molar-refractivity contribution is 5.39. The lowest BCUT2D eigenvalue weighted by atomic mass is 10.0. The van der Waals surface area contributed by atoms with E-state index < -0.39 is 4.92 Å². The van der Waals surface area contributed by atoms with Gasteiger partial charge in [-0.15, -0.1) is 0 Å². The van der Waals surface area contributed by atoms with Crippen molar-refractivity contribution in [2.24, 2.45) is 5.92 Å². The first-order valence-corrected chi connectivity index (χ1v) is 8.56. The van der Waals surface area contributed by atoms with Gasteiger partial charge in [0.25, 0.3) is 5.69 Å². The predicted octanol–water partition coefficient (Wildman–Crippen LogP) is 6.15. The molecule has 0 aliphatic carbocycles. The van der Waals surface area contributed by atoms with Crippen molar-refractivity contribution in [3.05, 3.63) is 64.2 Å². The maximum Gasteiger partial charge on any atom is 0.269 e. The Morgan fingerprint density at radius 2 is 1.50 bits per heavy atom. The number of rotatable bonds is 9. The summed E-state index contributed by atoms with van der Waals surface area (Å²) < 4.78 is 5.71. The van der Waals surface area contributed by atoms with E-state index in [-0.39, 0.29) is 5.69 Å². The summed E-state index contributed by atoms with van der Waals surface area (Å²) in [4.78, 5) is 10.2. The highest BCUT2D eigenvalue weighted by atomic mass is 16.6. The number of aryl methyl sites for hydroxylation is 1. The number of benzene rings is 2. The topological polar surface area (TPSA) is 52.4 Å². The first kappa shape index (κ1) is 18.0. The van der Waals surface area contributed by atoms with Crippen LogP contribution < -0.4 is 4.74 Å². The average Bonchev–Trinajstić information content (AvgIpc) is 2.56. The van der Waals surface area contributed by atoms with E-state index in [0.29, 0.717) is 5.75 Å². The number of unbranched alkanes of at least 4 members (excludes halogenated alkanes) is 2. The molecule has 0 N–H and O–H groups in total. The van der Waals surface area contributed by atoms with Crippen molar-refractivity contribution in [1.82, 2.24) is 0 Å². The molecule has 2 aromatic carbocycles. The molecule has 0 unspecified atom stereocenters. The minimum Gasteiger partial charge on any atom is -0.457 e. The number of hydrogen-bond donors (Lipinski definition) is 0. The van der Waals surface area contributed by atoms with E-state index in [2.05, 4.69) is 26.0 Å². The molecule has 0 saturated heterocycles. The Balaban J connectivity index is 1.80. The Labute approximate surface area is 143 Å². The third-order valence-electron chi connectivity index (χ3n) is 3.95. The van der Waals surface area contributed by atoms with E-state index in [4.69, 9.17) is 4.74 Å². The summed E-state index contributed by atoms with van der Waals surface area (Å²) in [5, 5.41) is 10.6. The van der Waals surface area contributed by atoms with Gasteiger partial charge in [0.05, 0.1) is 4.92 Å². The summed E-state index contributed by atoms with van der Waals surface area (Å²) >= 11 is 0. The molecule has 0 saturated carbocycles. The van der Waals surface area contributed by atoms with Crippen molar-refractivity contribution < 1.29 is 9.66 Å². The van der Waals surface area contributed by atoms with Crippen LogP contribution in [0, 0.1) is 16.0 Å². The fraction of sp³-hybridized carbons (Fsp3) is 0.400. The van der Waals surface area contributed by atoms with Gasteiger partial charge >= 0.3 is 0 Å². The lowest BCUT2D eigenvalue weighted by Gasteiger charge is -2.07. The van der Waals surface area contributed by atoms with E-state index in [1.807, 2.05) is 12.1 Å². The Hall–Kier alpha value is -2.36. The van der Waals surface area contributed by atoms with Crippen LogP contribution >= 0.6 is 0 Å². The molecule has 0 fully saturated rings. The zero-order chi connectivity index (χ0) is 17.4. The second kappa shape index (κ2) is 9.06. The van der Waals surface area contributed by atoms with Gasteiger partial charge in [-0.25, -0.2) is 0 Å². The van der Waals surface area contributed by atoms with Gasteiger partial charge in [0, 0.05) is 12.1 Å². The van der Waals surface area contributed by atoms with E-state index in [1.165, 1.54) is 43.4 Å². The monoisotopic (exact) mass is 327 g/mol. The van der Waals surface area contributed by atoms with Gasteiger partial charge in [-0.05, 0) is 48.6 Å². The fourth-order valence-corrected chi connectivity index (χ4v) is 2.55. The SMILES string of the molecule is CC(C)CCCCCc1ccc(Oc2ccc([N+](=O)[O-])cc2)cc1. The minimum absolute atomic E-state index is 0.0650. The van der Waals surface area contributed by atoms with E-state index in [1.54, 1.807) is 12.1 Å². The average molecular weight is 327 g/mol. The van der Waals surface area contributed by atoms with Gasteiger partial charge in [0.15, 0.2) is 0 Å². The van der Waals surface area contributed by atoms with Crippen molar-refractivity contribution in [2.75, 3.05) is 0 Å². The molecule has 0 amide bonds. The highest BCUT2D eigenvalue weighted by Crippen LogP contribution is 2.24. The first-order valence-electron chi connectivity index (χ1n) is 8.56. The number of nitrogens with zero attached hydrogens (tertiary/aromatic N) is 1. The molecular formula is C20H25NO3. The number of nitro benzene ring substituents is 1. The normalized spacial score (nSPS) is 10.8. The van der Waals surface area contributed by atoms with Gasteiger partial charge < -0.3 is 4.74 Å². The van der Waals surface area contributed by atoms with Crippen LogP contribution in [0.4, 0.5) is 5.69 Å². The predicted molar refractivity (Wildman–Crippen MR) is 96.6 cm³/mol. The van der Waals surface area contributed by atoms with Gasteiger partial charge in [0.1, 0.15) is 11.5 Å². The van der Waals surface area contributed by atoms with Crippen LogP contribution in [0.25, 0.3) is 0 Å². The Morgan fingerprint density at radius 3 is 2.04 bits per heavy atom. The smallest absolute Gasteiger partial charge is 0.269 e. The lowest BCUT2D eigenvalue weighted by Crippen LogP contribution is -1.90. The zero-order valence-electron chi connectivity index (χ0n) is 14.4. The number of hydrogen-bond acceptors (Lipinski definition) is 3. The largest absolute Gasteiger partial charge is 0.457 e. The molecule has 0 bridgehead atoms. The van der Waals surface area contributed by atoms with Crippen LogP contribution in [0.1, 0.15) is 45.1 Å². The van der Waals surface area contributed by atoms with E-state index in [9.17, 15) is 10.1 Å². The molecular weight excluding hydrogens is 302 g/mol. The summed E-state index contributed by atoms with van der Waals surface area (Å²) in [5.41, 5.74) is 1.38. The Bertz CT molecular complexity index is 633. The van der Waals surface area contributed by atoms with Crippen molar-refractivity contribution >= 4 is 5.69 Å². The van der Waals surface area contributed by atoms with Gasteiger partial charge in [-0.1, -0.05) is 45.2 Å². The summed E-state index contributed by atoms with van der Waals surface area (Å²) in [6, 6.07) is 14.2. The van der Waals surface area contributed by atoms with Crippen LogP contribution in [0.5, 0.6) is 11.5 Å². The molecule has 0 spiro atoms. The third-order valence-corrected chi connectivity index (χ3v) is 3.95. The summed E-state index contributed by atoms with van der Waals surface area (Å²) in [6.45, 7) is 4.54. The molecule has 0 aliphatic heterocycles. The third kappa shape index (κ3) is 6.03. The lowest BCUT2D eigenvalue weighted by molar-refractivity contribution is -0.384. The second-order valence-electron chi connectivity index (χ2n) is 6.49. The van der Waals surface area contributed by atoms with E-state index >= 15 is 0 Å². The first-order chi connectivity index (χ1) is 11.5. The molecule has 128 valence electrons. The van der Waals surface area contributed by atoms with Crippen molar-refractivity contribution in [3.8, 4) is 11.5 Å². The number of nitro groups is 1. The quantitative estimate of drug-likeness (QED) is 0.315. The number of ether oxygens (including phenoxy) is 1. The molecule has 4 nitrogen and oxygen atoms in total. The van der Waals surface area contributed by atoms with Crippen LogP contribution in [0.15, 0.2) is 48.5 Å². The van der Waals surface area contributed by atoms with Gasteiger partial charge in [0.2, 0.25) is 0 Å². The van der Waals surface area contributed by atoms with Crippen molar-refractivity contribution in [2.45, 2.75) is 46.0 Å². The Kier molecular flexibility index (Phi) is 6.79.